The number of methoxy groups -OCH3 is 1. The first kappa shape index (κ1) is 21.3. The Labute approximate surface area is 185 Å². The number of fused-ring (bicyclic) bond motifs is 1. The second kappa shape index (κ2) is 8.69. The Balaban J connectivity index is 1.89. The average molecular weight is 441 g/mol. The summed E-state index contributed by atoms with van der Waals surface area (Å²) in [5, 5.41) is 0.971. The molecule has 2 heterocycles. The number of nitrogens with zero attached hydrogens (tertiary/aromatic N) is 4. The highest BCUT2D eigenvalue weighted by Crippen LogP contribution is 2.23. The van der Waals surface area contributed by atoms with E-state index >= 15 is 0 Å². The number of carbonyl (C=O) groups excluding carboxylic acids is 1. The first-order valence-corrected chi connectivity index (χ1v) is 10.7. The molecule has 7 nitrogen and oxygen atoms in total. The summed E-state index contributed by atoms with van der Waals surface area (Å²) in [7, 11) is 1.33. The molecule has 0 unspecified atom stereocenters. The zero-order chi connectivity index (χ0) is 22.1. The molecule has 0 aliphatic carbocycles. The van der Waals surface area contributed by atoms with Crippen LogP contribution in [0.3, 0.4) is 0 Å². The maximum absolute atomic E-state index is 13.6. The molecule has 8 heteroatoms. The molecule has 2 aromatic carbocycles. The van der Waals surface area contributed by atoms with Crippen LogP contribution in [-0.2, 0) is 4.74 Å². The smallest absolute Gasteiger partial charge is 0.337 e. The molecule has 1 fully saturated rings. The molecule has 3 aromatic rings. The van der Waals surface area contributed by atoms with Gasteiger partial charge in [0.15, 0.2) is 0 Å². The minimum atomic E-state index is -0.463. The molecule has 0 N–H and O–H groups in total. The third kappa shape index (κ3) is 4.16. The number of hydrogen-bond acceptors (Lipinski definition) is 6. The van der Waals surface area contributed by atoms with Crippen molar-refractivity contribution in [3.8, 4) is 5.69 Å². The summed E-state index contributed by atoms with van der Waals surface area (Å²) >= 11 is 6.22. The minimum absolute atomic E-state index is 0.204. The van der Waals surface area contributed by atoms with E-state index < -0.39 is 5.97 Å². The summed E-state index contributed by atoms with van der Waals surface area (Å²) < 4.78 is 6.43. The van der Waals surface area contributed by atoms with Crippen molar-refractivity contribution in [1.82, 2.24) is 14.5 Å². The number of piperazine rings is 1. The van der Waals surface area contributed by atoms with E-state index in [1.165, 1.54) is 7.11 Å². The zero-order valence-corrected chi connectivity index (χ0v) is 18.6. The van der Waals surface area contributed by atoms with Crippen LogP contribution in [0.25, 0.3) is 16.6 Å². The molecule has 0 atom stereocenters. The largest absolute Gasteiger partial charge is 0.465 e. The van der Waals surface area contributed by atoms with E-state index in [1.54, 1.807) is 34.9 Å². The number of halogens is 1. The quantitative estimate of drug-likeness (QED) is 0.579. The first-order chi connectivity index (χ1) is 14.9. The van der Waals surface area contributed by atoms with Gasteiger partial charge in [-0.25, -0.2) is 14.3 Å². The van der Waals surface area contributed by atoms with E-state index in [9.17, 15) is 9.59 Å². The van der Waals surface area contributed by atoms with Gasteiger partial charge in [0.1, 0.15) is 0 Å². The van der Waals surface area contributed by atoms with Crippen LogP contribution in [-0.4, -0.2) is 59.8 Å². The molecule has 0 amide bonds. The molecular weight excluding hydrogens is 416 g/mol. The topological polar surface area (TPSA) is 67.7 Å². The minimum Gasteiger partial charge on any atom is -0.465 e. The number of hydrogen-bond donors (Lipinski definition) is 0. The molecule has 1 aliphatic heterocycles. The fourth-order valence-corrected chi connectivity index (χ4v) is 4.10. The summed E-state index contributed by atoms with van der Waals surface area (Å²) in [6.45, 7) is 7.60. The Morgan fingerprint density at radius 1 is 1.10 bits per heavy atom. The summed E-state index contributed by atoms with van der Waals surface area (Å²) in [5.41, 5.74) is 1.28. The van der Waals surface area contributed by atoms with Gasteiger partial charge < -0.3 is 9.64 Å². The molecule has 0 bridgehead atoms. The number of anilines is 1. The maximum atomic E-state index is 13.6. The lowest BCUT2D eigenvalue weighted by molar-refractivity contribution is 0.0601. The van der Waals surface area contributed by atoms with Crippen molar-refractivity contribution in [3.63, 3.8) is 0 Å². The van der Waals surface area contributed by atoms with Crippen molar-refractivity contribution in [3.05, 3.63) is 63.4 Å². The second-order valence-electron chi connectivity index (χ2n) is 7.87. The third-order valence-electron chi connectivity index (χ3n) is 5.67. The average Bonchev–Trinajstić information content (AvgIpc) is 2.78. The number of esters is 1. The van der Waals surface area contributed by atoms with Gasteiger partial charge in [-0.05, 0) is 50.2 Å². The van der Waals surface area contributed by atoms with E-state index in [4.69, 9.17) is 21.3 Å². The van der Waals surface area contributed by atoms with Gasteiger partial charge in [-0.15, -0.1) is 0 Å². The van der Waals surface area contributed by atoms with Crippen LogP contribution < -0.4 is 10.5 Å². The highest BCUT2D eigenvalue weighted by Gasteiger charge is 2.24. The summed E-state index contributed by atoms with van der Waals surface area (Å²) in [6, 6.07) is 12.5. The summed E-state index contributed by atoms with van der Waals surface area (Å²) in [6.07, 6.45) is 0. The van der Waals surface area contributed by atoms with E-state index in [2.05, 4.69) is 23.6 Å². The van der Waals surface area contributed by atoms with Crippen molar-refractivity contribution < 1.29 is 9.53 Å². The van der Waals surface area contributed by atoms with E-state index in [1.807, 2.05) is 12.1 Å². The molecule has 1 saturated heterocycles. The van der Waals surface area contributed by atoms with Crippen LogP contribution in [0.4, 0.5) is 5.95 Å². The van der Waals surface area contributed by atoms with Crippen LogP contribution in [0.15, 0.2) is 47.3 Å². The number of rotatable bonds is 4. The van der Waals surface area contributed by atoms with Gasteiger partial charge >= 0.3 is 5.97 Å². The predicted octanol–water partition coefficient (Wildman–Crippen LogP) is 3.36. The second-order valence-corrected chi connectivity index (χ2v) is 8.31. The molecule has 0 radical (unpaired) electrons. The number of benzene rings is 2. The van der Waals surface area contributed by atoms with Gasteiger partial charge in [0, 0.05) is 37.2 Å². The van der Waals surface area contributed by atoms with Crippen LogP contribution in [0.2, 0.25) is 5.02 Å². The first-order valence-electron chi connectivity index (χ1n) is 10.3. The molecule has 162 valence electrons. The van der Waals surface area contributed by atoms with Crippen molar-refractivity contribution in [2.24, 2.45) is 0 Å². The predicted molar refractivity (Wildman–Crippen MR) is 123 cm³/mol. The molecular formula is C23H25ClN4O3. The molecule has 31 heavy (non-hydrogen) atoms. The van der Waals surface area contributed by atoms with Crippen molar-refractivity contribution >= 4 is 34.4 Å². The fraction of sp³-hybridized carbons (Fsp3) is 0.348. The Morgan fingerprint density at radius 2 is 1.84 bits per heavy atom. The van der Waals surface area contributed by atoms with Crippen molar-refractivity contribution in [2.75, 3.05) is 38.2 Å². The molecule has 1 aliphatic rings. The highest BCUT2D eigenvalue weighted by molar-refractivity contribution is 6.30. The van der Waals surface area contributed by atoms with E-state index in [-0.39, 0.29) is 5.56 Å². The van der Waals surface area contributed by atoms with Crippen LogP contribution in [0.5, 0.6) is 0 Å². The molecule has 0 saturated carbocycles. The maximum Gasteiger partial charge on any atom is 0.337 e. The van der Waals surface area contributed by atoms with Gasteiger partial charge in [-0.3, -0.25) is 9.69 Å². The van der Waals surface area contributed by atoms with Gasteiger partial charge in [0.25, 0.3) is 5.56 Å². The zero-order valence-electron chi connectivity index (χ0n) is 17.8. The lowest BCUT2D eigenvalue weighted by Crippen LogP contribution is -2.50. The monoisotopic (exact) mass is 440 g/mol. The van der Waals surface area contributed by atoms with Gasteiger partial charge in [0.2, 0.25) is 5.95 Å². The molecule has 4 rings (SSSR count). The number of ether oxygens (including phenoxy) is 1. The highest BCUT2D eigenvalue weighted by atomic mass is 35.5. The van der Waals surface area contributed by atoms with Crippen LogP contribution in [0.1, 0.15) is 24.2 Å². The Morgan fingerprint density at radius 3 is 2.48 bits per heavy atom. The Hall–Kier alpha value is -2.90. The fourth-order valence-electron chi connectivity index (χ4n) is 3.92. The van der Waals surface area contributed by atoms with Crippen molar-refractivity contribution in [1.29, 1.82) is 0 Å². The number of aromatic nitrogens is 2. The van der Waals surface area contributed by atoms with Crippen molar-refractivity contribution in [2.45, 2.75) is 19.9 Å². The van der Waals surface area contributed by atoms with Crippen LogP contribution in [0, 0.1) is 0 Å². The van der Waals surface area contributed by atoms with Crippen LogP contribution >= 0.6 is 11.6 Å². The van der Waals surface area contributed by atoms with E-state index in [0.29, 0.717) is 39.2 Å². The Bertz CT molecular complexity index is 1180. The van der Waals surface area contributed by atoms with Gasteiger partial charge in [0.05, 0.1) is 29.3 Å². The standard InChI is InChI=1S/C23H25ClN4O3/c1-15(2)26-9-11-27(12-10-26)23-25-20-13-16(22(30)31-3)7-8-19(20)21(29)28(23)18-6-4-5-17(24)14-18/h4-8,13-15H,9-12H2,1-3H3. The summed E-state index contributed by atoms with van der Waals surface area (Å²) in [5.74, 6) is 0.0833. The Kier molecular flexibility index (Phi) is 5.98. The lowest BCUT2D eigenvalue weighted by Gasteiger charge is -2.38. The summed E-state index contributed by atoms with van der Waals surface area (Å²) in [4.78, 5) is 34.9. The molecule has 1 aromatic heterocycles. The number of carbonyl (C=O) groups is 1. The SMILES string of the molecule is COC(=O)c1ccc2c(=O)n(-c3cccc(Cl)c3)c(N3CCN(C(C)C)CC3)nc2c1. The third-order valence-corrected chi connectivity index (χ3v) is 5.90. The van der Waals surface area contributed by atoms with E-state index in [0.717, 1.165) is 26.2 Å². The lowest BCUT2D eigenvalue weighted by atomic mass is 10.1. The molecule has 0 spiro atoms. The normalized spacial score (nSPS) is 14.9. The van der Waals surface area contributed by atoms with Gasteiger partial charge in [-0.2, -0.15) is 0 Å². The van der Waals surface area contributed by atoms with Gasteiger partial charge in [-0.1, -0.05) is 17.7 Å².